The molecule has 0 bridgehead atoms. The first kappa shape index (κ1) is 24.8. The van der Waals surface area contributed by atoms with Gasteiger partial charge in [0.1, 0.15) is 11.1 Å². The van der Waals surface area contributed by atoms with Crippen LogP contribution in [-0.2, 0) is 12.8 Å². The second-order valence-electron chi connectivity index (χ2n) is 8.95. The van der Waals surface area contributed by atoms with Gasteiger partial charge in [-0.15, -0.1) is 11.3 Å². The zero-order valence-electron chi connectivity index (χ0n) is 19.8. The first-order chi connectivity index (χ1) is 15.6. The molecule has 1 aromatic heterocycles. The summed E-state index contributed by atoms with van der Waals surface area (Å²) < 4.78 is 15.9. The number of nitrogens with one attached hydrogen (secondary N) is 2. The number of fused-ring (bicyclic) bond motifs is 1. The largest absolute Gasteiger partial charge is 0.493 e. The van der Waals surface area contributed by atoms with E-state index in [2.05, 4.69) is 37.5 Å². The molecule has 2 aromatic rings. The number of rotatable bonds is 5. The Balaban J connectivity index is 1.78. The third-order valence-corrected chi connectivity index (χ3v) is 7.36. The first-order valence-corrected chi connectivity index (χ1v) is 11.8. The quantitative estimate of drug-likeness (QED) is 0.578. The molecule has 7 nitrogen and oxygen atoms in total. The molecule has 1 aliphatic carbocycles. The van der Waals surface area contributed by atoms with Crippen molar-refractivity contribution in [1.82, 2.24) is 5.32 Å². The van der Waals surface area contributed by atoms with E-state index < -0.39 is 5.91 Å². The highest BCUT2D eigenvalue weighted by atomic mass is 32.1. The van der Waals surface area contributed by atoms with Gasteiger partial charge in [0.2, 0.25) is 5.75 Å². The minimum Gasteiger partial charge on any atom is -0.493 e. The molecule has 1 aromatic carbocycles. The molecule has 1 atom stereocenters. The Morgan fingerprint density at radius 2 is 1.82 bits per heavy atom. The number of carbonyl (C=O) groups excluding carboxylic acids is 1. The van der Waals surface area contributed by atoms with Crippen molar-refractivity contribution in [2.75, 3.05) is 26.6 Å². The molecule has 0 spiro atoms. The molecule has 1 aliphatic rings. The van der Waals surface area contributed by atoms with E-state index in [-0.39, 0.29) is 10.5 Å². The summed E-state index contributed by atoms with van der Waals surface area (Å²) in [6, 6.07) is 5.42. The number of benzene rings is 1. The van der Waals surface area contributed by atoms with Crippen LogP contribution in [0.2, 0.25) is 0 Å². The Bertz CT molecular complexity index is 1090. The summed E-state index contributed by atoms with van der Waals surface area (Å²) in [7, 11) is 4.46. The smallest absolute Gasteiger partial charge is 0.257 e. The van der Waals surface area contributed by atoms with Crippen LogP contribution >= 0.6 is 23.6 Å². The molecule has 0 saturated carbocycles. The normalized spacial score (nSPS) is 15.1. The van der Waals surface area contributed by atoms with E-state index in [0.29, 0.717) is 39.3 Å². The second-order valence-corrected chi connectivity index (χ2v) is 10.5. The molecule has 0 radical (unpaired) electrons. The van der Waals surface area contributed by atoms with Crippen molar-refractivity contribution in [2.24, 2.45) is 11.3 Å². The minimum atomic E-state index is -0.431. The molecular weight excluding hydrogens is 458 g/mol. The molecule has 9 heteroatoms. The van der Waals surface area contributed by atoms with Gasteiger partial charge in [-0.1, -0.05) is 20.8 Å². The van der Waals surface area contributed by atoms with E-state index in [4.69, 9.17) is 26.4 Å². The zero-order valence-corrected chi connectivity index (χ0v) is 21.4. The van der Waals surface area contributed by atoms with E-state index >= 15 is 0 Å². The lowest BCUT2D eigenvalue weighted by Crippen LogP contribution is -2.34. The number of hydrogen-bond donors (Lipinski definition) is 2. The molecule has 0 unspecified atom stereocenters. The highest BCUT2D eigenvalue weighted by molar-refractivity contribution is 7.80. The van der Waals surface area contributed by atoms with Gasteiger partial charge >= 0.3 is 0 Å². The number of carbonyl (C=O) groups is 1. The number of methoxy groups -OCH3 is 3. The lowest BCUT2D eigenvalue weighted by Gasteiger charge is -2.33. The minimum absolute atomic E-state index is 0.122. The van der Waals surface area contributed by atoms with Crippen molar-refractivity contribution in [1.29, 1.82) is 5.26 Å². The lowest BCUT2D eigenvalue weighted by atomic mass is 9.72. The van der Waals surface area contributed by atoms with Crippen LogP contribution in [0.4, 0.5) is 5.00 Å². The number of anilines is 1. The molecule has 1 amide bonds. The topological polar surface area (TPSA) is 92.6 Å². The fraction of sp³-hybridized carbons (Fsp3) is 0.458. The number of thiocarbonyl (C=S) groups is 1. The van der Waals surface area contributed by atoms with Crippen LogP contribution in [0.25, 0.3) is 0 Å². The van der Waals surface area contributed by atoms with Crippen LogP contribution in [0.15, 0.2) is 12.1 Å². The Labute approximate surface area is 204 Å². The SMILES string of the molecule is COc1cc(C(=O)NC(=S)Nc2sc3c(c2C#N)CC[C@@H](C(C)(C)C)C3)cc(OC)c1OC. The lowest BCUT2D eigenvalue weighted by molar-refractivity contribution is 0.0977. The summed E-state index contributed by atoms with van der Waals surface area (Å²) in [6.45, 7) is 6.78. The first-order valence-electron chi connectivity index (χ1n) is 10.6. The van der Waals surface area contributed by atoms with Gasteiger partial charge in [0.25, 0.3) is 5.91 Å². The van der Waals surface area contributed by atoms with Crippen LogP contribution < -0.4 is 24.8 Å². The number of nitrogens with zero attached hydrogens (tertiary/aromatic N) is 1. The highest BCUT2D eigenvalue weighted by Gasteiger charge is 2.32. The van der Waals surface area contributed by atoms with Gasteiger partial charge in [-0.2, -0.15) is 5.26 Å². The van der Waals surface area contributed by atoms with Crippen molar-refractivity contribution in [3.05, 3.63) is 33.7 Å². The van der Waals surface area contributed by atoms with E-state index in [1.807, 2.05) is 0 Å². The summed E-state index contributed by atoms with van der Waals surface area (Å²) in [6.07, 6.45) is 2.89. The summed E-state index contributed by atoms with van der Waals surface area (Å²) in [5.74, 6) is 1.27. The number of hydrogen-bond acceptors (Lipinski definition) is 7. The van der Waals surface area contributed by atoms with Gasteiger partial charge in [0.15, 0.2) is 16.6 Å². The van der Waals surface area contributed by atoms with E-state index in [1.165, 1.54) is 26.2 Å². The molecule has 176 valence electrons. The molecule has 2 N–H and O–H groups in total. The van der Waals surface area contributed by atoms with Gasteiger partial charge in [0, 0.05) is 10.4 Å². The molecule has 33 heavy (non-hydrogen) atoms. The van der Waals surface area contributed by atoms with Gasteiger partial charge in [-0.05, 0) is 60.5 Å². The number of nitriles is 1. The van der Waals surface area contributed by atoms with Crippen LogP contribution in [0, 0.1) is 22.7 Å². The standard InChI is InChI=1S/C24H29N3O4S2/c1-24(2,3)14-7-8-15-16(12-25)22(33-19(15)11-14)27-23(32)26-21(28)13-9-17(29-4)20(31-6)18(10-13)30-5/h9-10,14H,7-8,11H2,1-6H3,(H2,26,27,28,32)/t14-/m1/s1. The van der Waals surface area contributed by atoms with Crippen LogP contribution in [-0.4, -0.2) is 32.3 Å². The molecule has 0 aliphatic heterocycles. The van der Waals surface area contributed by atoms with Crippen LogP contribution in [0.3, 0.4) is 0 Å². The van der Waals surface area contributed by atoms with Crippen molar-refractivity contribution in [2.45, 2.75) is 40.0 Å². The summed E-state index contributed by atoms with van der Waals surface area (Å²) in [5.41, 5.74) is 2.23. The number of amides is 1. The summed E-state index contributed by atoms with van der Waals surface area (Å²) in [5, 5.41) is 16.3. The molecule has 0 saturated heterocycles. The predicted octanol–water partition coefficient (Wildman–Crippen LogP) is 4.92. The monoisotopic (exact) mass is 487 g/mol. The average molecular weight is 488 g/mol. The third kappa shape index (κ3) is 5.23. The maximum atomic E-state index is 12.8. The van der Waals surface area contributed by atoms with Crippen molar-refractivity contribution in [3.8, 4) is 23.3 Å². The van der Waals surface area contributed by atoms with E-state index in [9.17, 15) is 10.1 Å². The molecular formula is C24H29N3O4S2. The number of thiophene rings is 1. The van der Waals surface area contributed by atoms with Crippen LogP contribution in [0.5, 0.6) is 17.2 Å². The van der Waals surface area contributed by atoms with Crippen molar-refractivity contribution >= 4 is 39.6 Å². The Morgan fingerprint density at radius 3 is 2.33 bits per heavy atom. The van der Waals surface area contributed by atoms with Gasteiger partial charge < -0.3 is 19.5 Å². The Hall–Kier alpha value is -2.83. The molecule has 0 fully saturated rings. The maximum absolute atomic E-state index is 12.8. The van der Waals surface area contributed by atoms with Crippen molar-refractivity contribution in [3.63, 3.8) is 0 Å². The zero-order chi connectivity index (χ0) is 24.3. The summed E-state index contributed by atoms with van der Waals surface area (Å²) in [4.78, 5) is 14.1. The van der Waals surface area contributed by atoms with Gasteiger partial charge in [0.05, 0.1) is 26.9 Å². The predicted molar refractivity (Wildman–Crippen MR) is 134 cm³/mol. The molecule has 1 heterocycles. The van der Waals surface area contributed by atoms with Gasteiger partial charge in [-0.25, -0.2) is 0 Å². The van der Waals surface area contributed by atoms with E-state index in [0.717, 1.165) is 24.8 Å². The Kier molecular flexibility index (Phi) is 7.50. The third-order valence-electron chi connectivity index (χ3n) is 5.98. The number of ether oxygens (including phenoxy) is 3. The fourth-order valence-corrected chi connectivity index (χ4v) is 5.59. The average Bonchev–Trinajstić information content (AvgIpc) is 3.12. The Morgan fingerprint density at radius 1 is 1.18 bits per heavy atom. The fourth-order valence-electron chi connectivity index (χ4n) is 4.05. The summed E-state index contributed by atoms with van der Waals surface area (Å²) >= 11 is 6.93. The van der Waals surface area contributed by atoms with Crippen molar-refractivity contribution < 1.29 is 19.0 Å². The molecule has 3 rings (SSSR count). The van der Waals surface area contributed by atoms with Gasteiger partial charge in [-0.3, -0.25) is 10.1 Å². The second kappa shape index (κ2) is 9.98. The highest BCUT2D eigenvalue weighted by Crippen LogP contribution is 2.44. The maximum Gasteiger partial charge on any atom is 0.257 e. The van der Waals surface area contributed by atoms with Crippen LogP contribution in [0.1, 0.15) is 53.6 Å². The van der Waals surface area contributed by atoms with E-state index in [1.54, 1.807) is 23.5 Å².